The molecule has 0 heterocycles. The Bertz CT molecular complexity index is 381. The molecule has 0 fully saturated rings. The fourth-order valence-corrected chi connectivity index (χ4v) is 1.79. The number of benzene rings is 1. The zero-order valence-corrected chi connectivity index (χ0v) is 10.7. The Morgan fingerprint density at radius 2 is 1.88 bits per heavy atom. The van der Waals surface area contributed by atoms with Crippen molar-refractivity contribution in [2.45, 2.75) is 12.0 Å². The van der Waals surface area contributed by atoms with E-state index >= 15 is 0 Å². The Hall–Kier alpha value is -0.330. The highest BCUT2D eigenvalue weighted by Crippen LogP contribution is 2.39. The molecule has 98 valence electrons. The topological polar surface area (TPSA) is 66.5 Å². The molecule has 0 amide bonds. The van der Waals surface area contributed by atoms with Crippen molar-refractivity contribution in [3.63, 3.8) is 0 Å². The average molecular weight is 309 g/mol. The number of phenolic OH excluding ortho intramolecular Hbond substituents is 1. The number of nitrogens with two attached hydrogens (primary N) is 1. The standard InChI is InChI=1S/C9H9Cl2F2NO2.ClH/c10-4-1-5(11)7(6(16)2-4)8(14)9(12,13)3-15;/h1-2,8,15-16H,3,14H2;1H/t8-;/m1./s1. The fourth-order valence-electron chi connectivity index (χ4n) is 1.19. The van der Waals surface area contributed by atoms with Gasteiger partial charge >= 0.3 is 0 Å². The van der Waals surface area contributed by atoms with E-state index in [0.717, 1.165) is 6.07 Å². The van der Waals surface area contributed by atoms with Crippen molar-refractivity contribution >= 4 is 35.6 Å². The molecule has 0 radical (unpaired) electrons. The molecular formula is C9H10Cl3F2NO2. The van der Waals surface area contributed by atoms with Crippen molar-refractivity contribution in [1.82, 2.24) is 0 Å². The van der Waals surface area contributed by atoms with Crippen molar-refractivity contribution in [3.05, 3.63) is 27.7 Å². The molecule has 17 heavy (non-hydrogen) atoms. The Morgan fingerprint density at radius 3 is 2.29 bits per heavy atom. The average Bonchev–Trinajstić information content (AvgIpc) is 2.15. The molecule has 4 N–H and O–H groups in total. The highest BCUT2D eigenvalue weighted by atomic mass is 35.5. The predicted octanol–water partition coefficient (Wildman–Crippen LogP) is 2.75. The van der Waals surface area contributed by atoms with Crippen LogP contribution in [0.4, 0.5) is 8.78 Å². The van der Waals surface area contributed by atoms with E-state index in [9.17, 15) is 13.9 Å². The van der Waals surface area contributed by atoms with Gasteiger partial charge in [-0.3, -0.25) is 0 Å². The summed E-state index contributed by atoms with van der Waals surface area (Å²) in [7, 11) is 0. The first kappa shape index (κ1) is 16.7. The Morgan fingerprint density at radius 1 is 1.35 bits per heavy atom. The number of hydrogen-bond donors (Lipinski definition) is 3. The molecule has 0 aliphatic rings. The zero-order valence-electron chi connectivity index (χ0n) is 8.33. The van der Waals surface area contributed by atoms with Crippen LogP contribution in [0.1, 0.15) is 11.6 Å². The van der Waals surface area contributed by atoms with Crippen LogP contribution in [0, 0.1) is 0 Å². The second-order valence-electron chi connectivity index (χ2n) is 3.22. The second-order valence-corrected chi connectivity index (χ2v) is 4.06. The number of phenols is 1. The maximum atomic E-state index is 13.1. The minimum absolute atomic E-state index is 0. The van der Waals surface area contributed by atoms with Crippen LogP contribution in [0.3, 0.4) is 0 Å². The molecule has 0 aliphatic heterocycles. The van der Waals surface area contributed by atoms with Gasteiger partial charge < -0.3 is 15.9 Å². The molecule has 0 aliphatic carbocycles. The van der Waals surface area contributed by atoms with Gasteiger partial charge in [-0.25, -0.2) is 8.78 Å². The van der Waals surface area contributed by atoms with Crippen molar-refractivity contribution < 1.29 is 19.0 Å². The molecule has 0 aromatic heterocycles. The first-order chi connectivity index (χ1) is 7.29. The summed E-state index contributed by atoms with van der Waals surface area (Å²) in [6.45, 7) is -1.44. The maximum absolute atomic E-state index is 13.1. The number of aliphatic hydroxyl groups is 1. The molecule has 3 nitrogen and oxygen atoms in total. The molecular weight excluding hydrogens is 298 g/mol. The summed E-state index contributed by atoms with van der Waals surface area (Å²) in [5.74, 6) is -4.10. The highest BCUT2D eigenvalue weighted by Gasteiger charge is 2.39. The number of aromatic hydroxyl groups is 1. The molecule has 0 saturated carbocycles. The quantitative estimate of drug-likeness (QED) is 0.804. The first-order valence-corrected chi connectivity index (χ1v) is 4.97. The zero-order chi connectivity index (χ0) is 12.5. The number of aliphatic hydroxyl groups excluding tert-OH is 1. The molecule has 1 atom stereocenters. The number of hydrogen-bond acceptors (Lipinski definition) is 3. The third-order valence-corrected chi connectivity index (χ3v) is 2.58. The number of rotatable bonds is 3. The maximum Gasteiger partial charge on any atom is 0.289 e. The Balaban J connectivity index is 0.00000256. The lowest BCUT2D eigenvalue weighted by atomic mass is 10.0. The highest BCUT2D eigenvalue weighted by molar-refractivity contribution is 6.35. The van der Waals surface area contributed by atoms with Gasteiger partial charge in [-0.05, 0) is 12.1 Å². The van der Waals surface area contributed by atoms with Gasteiger partial charge in [0.15, 0.2) is 0 Å². The van der Waals surface area contributed by atoms with Crippen LogP contribution < -0.4 is 5.73 Å². The van der Waals surface area contributed by atoms with Crippen LogP contribution in [-0.4, -0.2) is 22.7 Å². The first-order valence-electron chi connectivity index (χ1n) is 4.21. The molecule has 1 rings (SSSR count). The predicted molar refractivity (Wildman–Crippen MR) is 64.3 cm³/mol. The van der Waals surface area contributed by atoms with Crippen molar-refractivity contribution in [2.75, 3.05) is 6.61 Å². The van der Waals surface area contributed by atoms with E-state index in [2.05, 4.69) is 0 Å². The van der Waals surface area contributed by atoms with Gasteiger partial charge in [-0.15, -0.1) is 12.4 Å². The van der Waals surface area contributed by atoms with Crippen LogP contribution in [0.5, 0.6) is 5.75 Å². The van der Waals surface area contributed by atoms with Crippen molar-refractivity contribution in [2.24, 2.45) is 5.73 Å². The van der Waals surface area contributed by atoms with Gasteiger partial charge in [0.2, 0.25) is 0 Å². The third kappa shape index (κ3) is 3.56. The largest absolute Gasteiger partial charge is 0.507 e. The van der Waals surface area contributed by atoms with Crippen LogP contribution >= 0.6 is 35.6 Å². The lowest BCUT2D eigenvalue weighted by Crippen LogP contribution is -2.36. The number of alkyl halides is 2. The van der Waals surface area contributed by atoms with Crippen molar-refractivity contribution in [3.8, 4) is 5.75 Å². The molecule has 0 bridgehead atoms. The van der Waals surface area contributed by atoms with E-state index in [4.69, 9.17) is 34.0 Å². The summed E-state index contributed by atoms with van der Waals surface area (Å²) >= 11 is 11.2. The van der Waals surface area contributed by atoms with E-state index in [0.29, 0.717) is 0 Å². The Kier molecular flexibility index (Phi) is 5.90. The van der Waals surface area contributed by atoms with Gasteiger partial charge in [-0.1, -0.05) is 23.2 Å². The van der Waals surface area contributed by atoms with E-state index in [1.807, 2.05) is 0 Å². The molecule has 0 saturated heterocycles. The fraction of sp³-hybridized carbons (Fsp3) is 0.333. The molecule has 1 aromatic rings. The van der Waals surface area contributed by atoms with Crippen molar-refractivity contribution in [1.29, 1.82) is 0 Å². The smallest absolute Gasteiger partial charge is 0.289 e. The molecule has 0 spiro atoms. The lowest BCUT2D eigenvalue weighted by molar-refractivity contribution is -0.0715. The monoisotopic (exact) mass is 307 g/mol. The van der Waals surface area contributed by atoms with E-state index in [1.165, 1.54) is 6.07 Å². The van der Waals surface area contributed by atoms with Crippen LogP contribution in [0.15, 0.2) is 12.1 Å². The lowest BCUT2D eigenvalue weighted by Gasteiger charge is -2.23. The van der Waals surface area contributed by atoms with Gasteiger partial charge in [0.1, 0.15) is 18.4 Å². The normalized spacial score (nSPS) is 13.1. The summed E-state index contributed by atoms with van der Waals surface area (Å²) in [6, 6.07) is 0.337. The molecule has 1 aromatic carbocycles. The second kappa shape index (κ2) is 6.02. The minimum Gasteiger partial charge on any atom is -0.507 e. The van der Waals surface area contributed by atoms with Crippen LogP contribution in [0.25, 0.3) is 0 Å². The molecule has 8 heteroatoms. The summed E-state index contributed by atoms with van der Waals surface area (Å²) in [6.07, 6.45) is 0. The summed E-state index contributed by atoms with van der Waals surface area (Å²) in [5, 5.41) is 17.8. The SMILES string of the molecule is Cl.N[C@H](c1c(O)cc(Cl)cc1Cl)C(F)(F)CO. The van der Waals surface area contributed by atoms with E-state index in [-0.39, 0.29) is 28.0 Å². The van der Waals surface area contributed by atoms with Crippen LogP contribution in [-0.2, 0) is 0 Å². The summed E-state index contributed by atoms with van der Waals surface area (Å²) < 4.78 is 26.2. The van der Waals surface area contributed by atoms with E-state index < -0.39 is 24.3 Å². The summed E-state index contributed by atoms with van der Waals surface area (Å²) in [5.41, 5.74) is 4.90. The van der Waals surface area contributed by atoms with Gasteiger partial charge in [0.05, 0.1) is 5.02 Å². The number of halogens is 5. The molecule has 0 unspecified atom stereocenters. The third-order valence-electron chi connectivity index (χ3n) is 2.05. The Labute approximate surface area is 113 Å². The minimum atomic E-state index is -3.57. The van der Waals surface area contributed by atoms with E-state index in [1.54, 1.807) is 0 Å². The van der Waals surface area contributed by atoms with Gasteiger partial charge in [0, 0.05) is 10.6 Å². The van der Waals surface area contributed by atoms with Gasteiger partial charge in [0.25, 0.3) is 5.92 Å². The summed E-state index contributed by atoms with van der Waals surface area (Å²) in [4.78, 5) is 0. The van der Waals surface area contributed by atoms with Crippen LogP contribution in [0.2, 0.25) is 10.0 Å². The van der Waals surface area contributed by atoms with Gasteiger partial charge in [-0.2, -0.15) is 0 Å².